The molecule has 0 radical (unpaired) electrons. The summed E-state index contributed by atoms with van der Waals surface area (Å²) in [6.45, 7) is 2.02. The van der Waals surface area contributed by atoms with Crippen LogP contribution in [-0.2, 0) is 0 Å². The zero-order chi connectivity index (χ0) is 11.7. The highest BCUT2D eigenvalue weighted by Gasteiger charge is 2.28. The Morgan fingerprint density at radius 1 is 1.56 bits per heavy atom. The predicted octanol–water partition coefficient (Wildman–Crippen LogP) is 2.13. The van der Waals surface area contributed by atoms with Crippen molar-refractivity contribution in [3.63, 3.8) is 0 Å². The van der Waals surface area contributed by atoms with E-state index in [1.165, 1.54) is 31.0 Å². The zero-order valence-corrected chi connectivity index (χ0v) is 9.16. The van der Waals surface area contributed by atoms with Gasteiger partial charge in [0.05, 0.1) is 5.69 Å². The number of carbonyl (C=O) groups excluding carboxylic acids is 1. The molecule has 0 spiro atoms. The van der Waals surface area contributed by atoms with Crippen LogP contribution in [0.5, 0.6) is 0 Å². The number of rotatable bonds is 4. The Bertz CT molecular complexity index is 415. The number of benzene rings is 1. The summed E-state index contributed by atoms with van der Waals surface area (Å²) in [6, 6.07) is 4.36. The first-order valence-corrected chi connectivity index (χ1v) is 5.44. The monoisotopic (exact) mass is 222 g/mol. The highest BCUT2D eigenvalue weighted by molar-refractivity contribution is 5.93. The van der Waals surface area contributed by atoms with Gasteiger partial charge in [-0.2, -0.15) is 0 Å². The van der Waals surface area contributed by atoms with E-state index in [9.17, 15) is 9.18 Å². The van der Waals surface area contributed by atoms with E-state index in [1.54, 1.807) is 0 Å². The number of halogens is 1. The van der Waals surface area contributed by atoms with Gasteiger partial charge in [0.2, 0.25) is 5.91 Å². The number of nitrogens with two attached hydrogens (primary N) is 1. The lowest BCUT2D eigenvalue weighted by Gasteiger charge is -2.15. The number of anilines is 1. The van der Waals surface area contributed by atoms with Crippen molar-refractivity contribution in [1.29, 1.82) is 0 Å². The van der Waals surface area contributed by atoms with Gasteiger partial charge in [-0.1, -0.05) is 0 Å². The SMILES string of the molecule is CC(Nc1cc(C(N)=O)ccc1F)C1CC1. The predicted molar refractivity (Wildman–Crippen MR) is 60.7 cm³/mol. The van der Waals surface area contributed by atoms with Gasteiger partial charge in [0.15, 0.2) is 0 Å². The van der Waals surface area contributed by atoms with Crippen LogP contribution in [-0.4, -0.2) is 11.9 Å². The molecule has 1 aromatic rings. The lowest BCUT2D eigenvalue weighted by atomic mass is 10.1. The first-order valence-electron chi connectivity index (χ1n) is 5.44. The van der Waals surface area contributed by atoms with Crippen LogP contribution in [0, 0.1) is 11.7 Å². The van der Waals surface area contributed by atoms with E-state index in [4.69, 9.17) is 5.73 Å². The molecule has 0 heterocycles. The zero-order valence-electron chi connectivity index (χ0n) is 9.16. The summed E-state index contributed by atoms with van der Waals surface area (Å²) in [4.78, 5) is 11.0. The van der Waals surface area contributed by atoms with Crippen molar-refractivity contribution >= 4 is 11.6 Å². The molecule has 1 saturated carbocycles. The molecule has 4 heteroatoms. The van der Waals surface area contributed by atoms with Gasteiger partial charge in [-0.05, 0) is 43.9 Å². The average Bonchev–Trinajstić information content (AvgIpc) is 3.04. The smallest absolute Gasteiger partial charge is 0.248 e. The van der Waals surface area contributed by atoms with E-state index >= 15 is 0 Å². The van der Waals surface area contributed by atoms with Crippen LogP contribution in [0.1, 0.15) is 30.1 Å². The van der Waals surface area contributed by atoms with Crippen molar-refractivity contribution in [2.24, 2.45) is 11.7 Å². The second-order valence-corrected chi connectivity index (χ2v) is 4.33. The minimum atomic E-state index is -0.540. The van der Waals surface area contributed by atoms with Crippen LogP contribution in [0.15, 0.2) is 18.2 Å². The summed E-state index contributed by atoms with van der Waals surface area (Å²) in [6.07, 6.45) is 2.37. The van der Waals surface area contributed by atoms with E-state index in [0.29, 0.717) is 17.2 Å². The Morgan fingerprint density at radius 3 is 2.81 bits per heavy atom. The van der Waals surface area contributed by atoms with Gasteiger partial charge in [-0.25, -0.2) is 4.39 Å². The van der Waals surface area contributed by atoms with E-state index in [-0.39, 0.29) is 11.9 Å². The number of nitrogens with one attached hydrogen (secondary N) is 1. The number of carbonyl (C=O) groups is 1. The maximum Gasteiger partial charge on any atom is 0.248 e. The summed E-state index contributed by atoms with van der Waals surface area (Å²) in [5.74, 6) is -0.267. The standard InChI is InChI=1S/C12H15FN2O/c1-7(8-2-3-8)15-11-6-9(12(14)16)4-5-10(11)13/h4-8,15H,2-3H2,1H3,(H2,14,16). The summed E-state index contributed by atoms with van der Waals surface area (Å²) >= 11 is 0. The molecule has 16 heavy (non-hydrogen) atoms. The molecule has 1 fully saturated rings. The van der Waals surface area contributed by atoms with Crippen molar-refractivity contribution in [1.82, 2.24) is 0 Å². The molecule has 2 rings (SSSR count). The van der Waals surface area contributed by atoms with Crippen LogP contribution < -0.4 is 11.1 Å². The normalized spacial score (nSPS) is 16.9. The molecule has 86 valence electrons. The molecule has 0 aromatic heterocycles. The first kappa shape index (κ1) is 10.9. The van der Waals surface area contributed by atoms with E-state index < -0.39 is 5.91 Å². The number of hydrogen-bond donors (Lipinski definition) is 2. The average molecular weight is 222 g/mol. The number of hydrogen-bond acceptors (Lipinski definition) is 2. The van der Waals surface area contributed by atoms with E-state index in [2.05, 4.69) is 5.32 Å². The van der Waals surface area contributed by atoms with Gasteiger partial charge in [0, 0.05) is 11.6 Å². The third-order valence-electron chi connectivity index (χ3n) is 2.96. The Kier molecular flexibility index (Phi) is 2.81. The van der Waals surface area contributed by atoms with Gasteiger partial charge < -0.3 is 11.1 Å². The molecule has 1 amide bonds. The molecule has 0 bridgehead atoms. The second-order valence-electron chi connectivity index (χ2n) is 4.33. The fraction of sp³-hybridized carbons (Fsp3) is 0.417. The third kappa shape index (κ3) is 2.32. The lowest BCUT2D eigenvalue weighted by molar-refractivity contribution is 0.100. The molecule has 0 aliphatic heterocycles. The second kappa shape index (κ2) is 4.12. The summed E-state index contributed by atoms with van der Waals surface area (Å²) in [5, 5.41) is 3.08. The lowest BCUT2D eigenvalue weighted by Crippen LogP contribution is -2.19. The fourth-order valence-electron chi connectivity index (χ4n) is 1.75. The maximum atomic E-state index is 13.5. The first-order chi connectivity index (χ1) is 7.58. The summed E-state index contributed by atoms with van der Waals surface area (Å²) < 4.78 is 13.5. The van der Waals surface area contributed by atoms with Gasteiger partial charge in [0.25, 0.3) is 0 Å². The minimum absolute atomic E-state index is 0.234. The van der Waals surface area contributed by atoms with Crippen molar-refractivity contribution < 1.29 is 9.18 Å². The maximum absolute atomic E-state index is 13.5. The largest absolute Gasteiger partial charge is 0.380 e. The summed E-state index contributed by atoms with van der Waals surface area (Å²) in [5.41, 5.74) is 5.83. The number of primary amides is 1. The van der Waals surface area contributed by atoms with Gasteiger partial charge in [-0.15, -0.1) is 0 Å². The molecule has 1 aromatic carbocycles. The Morgan fingerprint density at radius 2 is 2.25 bits per heavy atom. The summed E-state index contributed by atoms with van der Waals surface area (Å²) in [7, 11) is 0. The van der Waals surface area contributed by atoms with Crippen molar-refractivity contribution in [3.8, 4) is 0 Å². The van der Waals surface area contributed by atoms with Crippen LogP contribution >= 0.6 is 0 Å². The van der Waals surface area contributed by atoms with Crippen LogP contribution in [0.3, 0.4) is 0 Å². The Labute approximate surface area is 93.8 Å². The Hall–Kier alpha value is -1.58. The quantitative estimate of drug-likeness (QED) is 0.820. The third-order valence-corrected chi connectivity index (χ3v) is 2.96. The molecule has 1 unspecified atom stereocenters. The molecule has 1 atom stereocenters. The molecular weight excluding hydrogens is 207 g/mol. The molecule has 1 aliphatic carbocycles. The molecular formula is C12H15FN2O. The van der Waals surface area contributed by atoms with Gasteiger partial charge >= 0.3 is 0 Å². The molecule has 3 N–H and O–H groups in total. The minimum Gasteiger partial charge on any atom is -0.380 e. The number of amides is 1. The van der Waals surface area contributed by atoms with Crippen molar-refractivity contribution in [3.05, 3.63) is 29.6 Å². The van der Waals surface area contributed by atoms with Crippen LogP contribution in [0.2, 0.25) is 0 Å². The van der Waals surface area contributed by atoms with E-state index in [1.807, 2.05) is 6.92 Å². The van der Waals surface area contributed by atoms with Gasteiger partial charge in [0.1, 0.15) is 5.82 Å². The van der Waals surface area contributed by atoms with Crippen LogP contribution in [0.25, 0.3) is 0 Å². The van der Waals surface area contributed by atoms with E-state index in [0.717, 1.165) is 0 Å². The van der Waals surface area contributed by atoms with Crippen LogP contribution in [0.4, 0.5) is 10.1 Å². The highest BCUT2D eigenvalue weighted by atomic mass is 19.1. The highest BCUT2D eigenvalue weighted by Crippen LogP contribution is 2.34. The molecule has 3 nitrogen and oxygen atoms in total. The fourth-order valence-corrected chi connectivity index (χ4v) is 1.75. The topological polar surface area (TPSA) is 55.1 Å². The molecule has 0 saturated heterocycles. The Balaban J connectivity index is 2.17. The van der Waals surface area contributed by atoms with Crippen molar-refractivity contribution in [2.45, 2.75) is 25.8 Å². The van der Waals surface area contributed by atoms with Gasteiger partial charge in [-0.3, -0.25) is 4.79 Å². The molecule has 1 aliphatic rings. The van der Waals surface area contributed by atoms with Crippen molar-refractivity contribution in [2.75, 3.05) is 5.32 Å².